The first-order valence-corrected chi connectivity index (χ1v) is 9.07. The number of aromatic nitrogens is 1. The van der Waals surface area contributed by atoms with Gasteiger partial charge in [-0.05, 0) is 24.3 Å². The Morgan fingerprint density at radius 3 is 2.22 bits per heavy atom. The summed E-state index contributed by atoms with van der Waals surface area (Å²) in [5, 5.41) is 13.4. The van der Waals surface area contributed by atoms with E-state index in [2.05, 4.69) is 4.98 Å². The second-order valence-electron chi connectivity index (χ2n) is 5.99. The molecular weight excluding hydrogens is 366 g/mol. The molecule has 0 saturated carbocycles. The molecule has 8 heteroatoms. The van der Waals surface area contributed by atoms with E-state index in [4.69, 9.17) is 0 Å². The summed E-state index contributed by atoms with van der Waals surface area (Å²) in [5.74, 6) is -0.550. The molecule has 4 rings (SSSR count). The lowest BCUT2D eigenvalue weighted by Gasteiger charge is -2.12. The number of imide groups is 1. The number of carbonyl (C=O) groups is 2. The van der Waals surface area contributed by atoms with Gasteiger partial charge in [0.15, 0.2) is 0 Å². The van der Waals surface area contributed by atoms with Crippen molar-refractivity contribution in [1.29, 1.82) is 0 Å². The van der Waals surface area contributed by atoms with E-state index in [0.717, 1.165) is 10.6 Å². The van der Waals surface area contributed by atoms with Crippen LogP contribution >= 0.6 is 11.3 Å². The number of nitrogens with zero attached hydrogens (tertiary/aromatic N) is 3. The molecule has 0 aliphatic carbocycles. The van der Waals surface area contributed by atoms with Gasteiger partial charge in [-0.1, -0.05) is 12.1 Å². The van der Waals surface area contributed by atoms with E-state index in [1.54, 1.807) is 36.4 Å². The molecule has 27 heavy (non-hydrogen) atoms. The third-order valence-corrected chi connectivity index (χ3v) is 5.26. The molecule has 1 aliphatic rings. The van der Waals surface area contributed by atoms with Crippen molar-refractivity contribution in [2.24, 2.45) is 0 Å². The molecule has 0 saturated heterocycles. The van der Waals surface area contributed by atoms with Gasteiger partial charge >= 0.3 is 0 Å². The molecule has 1 aromatic heterocycles. The molecule has 3 aromatic rings. The molecule has 2 heterocycles. The average molecular weight is 379 g/mol. The largest absolute Gasteiger partial charge is 0.274 e. The normalized spacial score (nSPS) is 13.1. The van der Waals surface area contributed by atoms with Crippen molar-refractivity contribution in [3.63, 3.8) is 0 Å². The fourth-order valence-corrected chi connectivity index (χ4v) is 3.76. The van der Waals surface area contributed by atoms with Crippen LogP contribution in [0.15, 0.2) is 53.9 Å². The van der Waals surface area contributed by atoms with E-state index in [-0.39, 0.29) is 24.0 Å². The van der Waals surface area contributed by atoms with Gasteiger partial charge in [0.05, 0.1) is 26.8 Å². The number of amides is 2. The highest BCUT2D eigenvalue weighted by atomic mass is 32.1. The molecule has 0 bridgehead atoms. The van der Waals surface area contributed by atoms with Gasteiger partial charge in [-0.15, -0.1) is 11.3 Å². The van der Waals surface area contributed by atoms with Crippen LogP contribution in [0.3, 0.4) is 0 Å². The summed E-state index contributed by atoms with van der Waals surface area (Å²) in [6.07, 6.45) is 0.461. The van der Waals surface area contributed by atoms with E-state index < -0.39 is 4.92 Å². The van der Waals surface area contributed by atoms with E-state index in [1.807, 2.05) is 5.38 Å². The van der Waals surface area contributed by atoms with Gasteiger partial charge in [-0.25, -0.2) is 4.98 Å². The molecule has 0 radical (unpaired) electrons. The molecule has 0 atom stereocenters. The first-order chi connectivity index (χ1) is 13.0. The van der Waals surface area contributed by atoms with Gasteiger partial charge in [-0.2, -0.15) is 0 Å². The Morgan fingerprint density at radius 2 is 1.63 bits per heavy atom. The highest BCUT2D eigenvalue weighted by Gasteiger charge is 2.34. The third-order valence-electron chi connectivity index (χ3n) is 4.35. The number of benzene rings is 2. The smallest absolute Gasteiger partial charge is 0.269 e. The van der Waals surface area contributed by atoms with Crippen LogP contribution in [0.25, 0.3) is 11.3 Å². The van der Waals surface area contributed by atoms with Gasteiger partial charge in [0.2, 0.25) is 0 Å². The van der Waals surface area contributed by atoms with E-state index in [9.17, 15) is 19.7 Å². The molecule has 0 spiro atoms. The highest BCUT2D eigenvalue weighted by molar-refractivity contribution is 7.09. The molecule has 1 aliphatic heterocycles. The zero-order valence-electron chi connectivity index (χ0n) is 14.0. The molecular formula is C19H13N3O4S. The maximum absolute atomic E-state index is 12.4. The Hall–Kier alpha value is -3.39. The van der Waals surface area contributed by atoms with Crippen LogP contribution in [-0.4, -0.2) is 33.2 Å². The summed E-state index contributed by atoms with van der Waals surface area (Å²) < 4.78 is 0. The number of nitro benzene ring substituents is 1. The Kier molecular flexibility index (Phi) is 4.25. The lowest BCUT2D eigenvalue weighted by atomic mass is 10.1. The van der Waals surface area contributed by atoms with Crippen LogP contribution in [-0.2, 0) is 6.42 Å². The van der Waals surface area contributed by atoms with Crippen molar-refractivity contribution in [3.8, 4) is 11.3 Å². The molecule has 2 amide bonds. The second-order valence-corrected chi connectivity index (χ2v) is 6.93. The average Bonchev–Trinajstić information content (AvgIpc) is 3.25. The second kappa shape index (κ2) is 6.73. The van der Waals surface area contributed by atoms with Gasteiger partial charge < -0.3 is 0 Å². The van der Waals surface area contributed by atoms with E-state index in [0.29, 0.717) is 23.2 Å². The van der Waals surface area contributed by atoms with Crippen molar-refractivity contribution >= 4 is 28.8 Å². The number of hydrogen-bond donors (Lipinski definition) is 0. The van der Waals surface area contributed by atoms with Crippen molar-refractivity contribution in [3.05, 3.63) is 80.2 Å². The molecule has 0 unspecified atom stereocenters. The quantitative estimate of drug-likeness (QED) is 0.384. The van der Waals surface area contributed by atoms with E-state index >= 15 is 0 Å². The van der Waals surface area contributed by atoms with Crippen LogP contribution < -0.4 is 0 Å². The first-order valence-electron chi connectivity index (χ1n) is 8.19. The molecule has 134 valence electrons. The molecule has 2 aromatic carbocycles. The van der Waals surface area contributed by atoms with Crippen LogP contribution in [0, 0.1) is 10.1 Å². The number of rotatable bonds is 5. The maximum atomic E-state index is 12.4. The summed E-state index contributed by atoms with van der Waals surface area (Å²) in [4.78, 5) is 40.8. The van der Waals surface area contributed by atoms with Crippen LogP contribution in [0.1, 0.15) is 25.7 Å². The Labute approximate surface area is 158 Å². The highest BCUT2D eigenvalue weighted by Crippen LogP contribution is 2.26. The zero-order valence-corrected chi connectivity index (χ0v) is 14.8. The number of hydrogen-bond acceptors (Lipinski definition) is 6. The maximum Gasteiger partial charge on any atom is 0.269 e. The van der Waals surface area contributed by atoms with Crippen molar-refractivity contribution in [2.75, 3.05) is 6.54 Å². The Balaban J connectivity index is 1.45. The van der Waals surface area contributed by atoms with Gasteiger partial charge in [0.1, 0.15) is 0 Å². The minimum Gasteiger partial charge on any atom is -0.274 e. The van der Waals surface area contributed by atoms with Gasteiger partial charge in [0, 0.05) is 36.0 Å². The Morgan fingerprint density at radius 1 is 1.00 bits per heavy atom. The lowest BCUT2D eigenvalue weighted by molar-refractivity contribution is -0.384. The summed E-state index contributed by atoms with van der Waals surface area (Å²) >= 11 is 1.43. The fourth-order valence-electron chi connectivity index (χ4n) is 2.96. The predicted octanol–water partition coefficient (Wildman–Crippen LogP) is 3.56. The minimum absolute atomic E-state index is 0.0276. The summed E-state index contributed by atoms with van der Waals surface area (Å²) in [7, 11) is 0. The van der Waals surface area contributed by atoms with Gasteiger partial charge in [-0.3, -0.25) is 24.6 Å². The third kappa shape index (κ3) is 3.11. The lowest BCUT2D eigenvalue weighted by Crippen LogP contribution is -2.31. The summed E-state index contributed by atoms with van der Waals surface area (Å²) in [5.41, 5.74) is 2.40. The monoisotopic (exact) mass is 379 g/mol. The first kappa shape index (κ1) is 17.0. The topological polar surface area (TPSA) is 93.4 Å². The summed E-state index contributed by atoms with van der Waals surface area (Å²) in [6.45, 7) is 0.263. The van der Waals surface area contributed by atoms with Crippen LogP contribution in [0.5, 0.6) is 0 Å². The zero-order chi connectivity index (χ0) is 19.0. The minimum atomic E-state index is -0.446. The van der Waals surface area contributed by atoms with Crippen molar-refractivity contribution < 1.29 is 14.5 Å². The Bertz CT molecular complexity index is 1020. The molecule has 0 fully saturated rings. The number of carbonyl (C=O) groups excluding carboxylic acids is 2. The van der Waals surface area contributed by atoms with Crippen LogP contribution in [0.2, 0.25) is 0 Å². The standard InChI is InChI=1S/C19H13N3O4S/c23-18-14-3-1-2-4-15(14)19(24)21(18)10-9-17-20-16(11-27-17)12-5-7-13(8-6-12)22(25)26/h1-8,11H,9-10H2. The van der Waals surface area contributed by atoms with Gasteiger partial charge in [0.25, 0.3) is 17.5 Å². The number of fused-ring (bicyclic) bond motifs is 1. The predicted molar refractivity (Wildman–Crippen MR) is 99.7 cm³/mol. The van der Waals surface area contributed by atoms with Crippen LogP contribution in [0.4, 0.5) is 5.69 Å². The SMILES string of the molecule is O=C1c2ccccc2C(=O)N1CCc1nc(-c2ccc([N+](=O)[O-])cc2)cs1. The number of thiazole rings is 1. The number of non-ortho nitro benzene ring substituents is 1. The van der Waals surface area contributed by atoms with Crippen molar-refractivity contribution in [2.45, 2.75) is 6.42 Å². The van der Waals surface area contributed by atoms with Crippen molar-refractivity contribution in [1.82, 2.24) is 9.88 Å². The molecule has 0 N–H and O–H groups in total. The summed E-state index contributed by atoms with van der Waals surface area (Å²) in [6, 6.07) is 13.0. The van der Waals surface area contributed by atoms with E-state index in [1.165, 1.54) is 28.4 Å². The fraction of sp³-hybridized carbons (Fsp3) is 0.105. The molecule has 7 nitrogen and oxygen atoms in total. The number of nitro groups is 1.